The van der Waals surface area contributed by atoms with Gasteiger partial charge in [-0.05, 0) is 57.9 Å². The van der Waals surface area contributed by atoms with Gasteiger partial charge in [-0.15, -0.1) is 0 Å². The molecule has 2 N–H and O–H groups in total. The summed E-state index contributed by atoms with van der Waals surface area (Å²) >= 11 is 0. The number of likely N-dealkylation sites (tertiary alicyclic amines) is 1. The molecule has 2 saturated heterocycles. The SMILES string of the molecule is CC(C)(C)OC(=O)N1CCC(CC(=O)[C@@H]2CC[C@@H](NOCc3ccccc3)CN2)CC1. The van der Waals surface area contributed by atoms with Gasteiger partial charge in [-0.1, -0.05) is 30.3 Å². The number of carbonyl (C=O) groups is 2. The molecular weight excluding hydrogens is 394 g/mol. The first-order valence-corrected chi connectivity index (χ1v) is 11.5. The van der Waals surface area contributed by atoms with Gasteiger partial charge in [0.1, 0.15) is 11.4 Å². The summed E-state index contributed by atoms with van der Waals surface area (Å²) in [5, 5.41) is 3.38. The van der Waals surface area contributed by atoms with Gasteiger partial charge in [-0.25, -0.2) is 4.79 Å². The van der Waals surface area contributed by atoms with Crippen LogP contribution in [0.3, 0.4) is 0 Å². The van der Waals surface area contributed by atoms with Crippen molar-refractivity contribution >= 4 is 11.9 Å². The zero-order chi connectivity index (χ0) is 22.3. The molecule has 2 fully saturated rings. The van der Waals surface area contributed by atoms with Gasteiger partial charge in [-0.2, -0.15) is 5.48 Å². The highest BCUT2D eigenvalue weighted by Gasteiger charge is 2.31. The van der Waals surface area contributed by atoms with Crippen molar-refractivity contribution in [3.05, 3.63) is 35.9 Å². The highest BCUT2D eigenvalue weighted by molar-refractivity contribution is 5.84. The number of hydrogen-bond donors (Lipinski definition) is 2. The van der Waals surface area contributed by atoms with Crippen LogP contribution in [0.5, 0.6) is 0 Å². The van der Waals surface area contributed by atoms with Crippen LogP contribution in [0.15, 0.2) is 30.3 Å². The average molecular weight is 432 g/mol. The molecular formula is C24H37N3O4. The third kappa shape index (κ3) is 7.91. The van der Waals surface area contributed by atoms with Crippen molar-refractivity contribution in [2.75, 3.05) is 19.6 Å². The van der Waals surface area contributed by atoms with E-state index < -0.39 is 5.60 Å². The minimum atomic E-state index is -0.476. The summed E-state index contributed by atoms with van der Waals surface area (Å²) in [6.07, 6.45) is 3.78. The van der Waals surface area contributed by atoms with E-state index in [-0.39, 0.29) is 18.2 Å². The first-order chi connectivity index (χ1) is 14.8. The molecule has 2 aliphatic rings. The first-order valence-electron chi connectivity index (χ1n) is 11.5. The molecule has 0 saturated carbocycles. The topological polar surface area (TPSA) is 79.9 Å². The molecule has 2 atom stereocenters. The van der Waals surface area contributed by atoms with E-state index in [2.05, 4.69) is 10.8 Å². The summed E-state index contributed by atoms with van der Waals surface area (Å²) in [6.45, 7) is 8.21. The van der Waals surface area contributed by atoms with Crippen molar-refractivity contribution < 1.29 is 19.2 Å². The average Bonchev–Trinajstić information content (AvgIpc) is 2.74. The van der Waals surface area contributed by atoms with E-state index in [4.69, 9.17) is 9.57 Å². The maximum absolute atomic E-state index is 12.8. The number of rotatable bonds is 7. The van der Waals surface area contributed by atoms with Gasteiger partial charge in [0.15, 0.2) is 0 Å². The van der Waals surface area contributed by atoms with Crippen molar-refractivity contribution in [1.29, 1.82) is 0 Å². The van der Waals surface area contributed by atoms with Crippen molar-refractivity contribution in [1.82, 2.24) is 15.7 Å². The molecule has 0 aliphatic carbocycles. The third-order valence-corrected chi connectivity index (χ3v) is 5.89. The number of piperidine rings is 2. The van der Waals surface area contributed by atoms with Crippen molar-refractivity contribution in [3.8, 4) is 0 Å². The van der Waals surface area contributed by atoms with Gasteiger partial charge in [0, 0.05) is 32.1 Å². The van der Waals surface area contributed by atoms with Gasteiger partial charge in [-0.3, -0.25) is 9.63 Å². The number of benzene rings is 1. The zero-order valence-electron chi connectivity index (χ0n) is 19.1. The Bertz CT molecular complexity index is 703. The second kappa shape index (κ2) is 11.1. The van der Waals surface area contributed by atoms with Gasteiger partial charge in [0.25, 0.3) is 0 Å². The van der Waals surface area contributed by atoms with Gasteiger partial charge < -0.3 is 15.0 Å². The van der Waals surface area contributed by atoms with E-state index in [9.17, 15) is 9.59 Å². The second-order valence-corrected chi connectivity index (χ2v) is 9.71. The molecule has 0 radical (unpaired) electrons. The quantitative estimate of drug-likeness (QED) is 0.644. The van der Waals surface area contributed by atoms with E-state index >= 15 is 0 Å². The number of Topliss-reactive ketones (excluding diaryl/α,β-unsaturated/α-hetero) is 1. The summed E-state index contributed by atoms with van der Waals surface area (Å²) in [5.41, 5.74) is 3.77. The Morgan fingerprint density at radius 2 is 1.81 bits per heavy atom. The van der Waals surface area contributed by atoms with E-state index in [0.29, 0.717) is 37.8 Å². The van der Waals surface area contributed by atoms with Crippen LogP contribution in [0.2, 0.25) is 0 Å². The van der Waals surface area contributed by atoms with E-state index in [1.165, 1.54) is 0 Å². The lowest BCUT2D eigenvalue weighted by Gasteiger charge is -2.34. The molecule has 7 nitrogen and oxygen atoms in total. The number of amides is 1. The van der Waals surface area contributed by atoms with Crippen molar-refractivity contribution in [2.45, 2.75) is 77.2 Å². The van der Waals surface area contributed by atoms with Gasteiger partial charge in [0.2, 0.25) is 0 Å². The zero-order valence-corrected chi connectivity index (χ0v) is 19.1. The van der Waals surface area contributed by atoms with E-state index in [0.717, 1.165) is 37.8 Å². The van der Waals surface area contributed by atoms with Gasteiger partial charge >= 0.3 is 6.09 Å². The van der Waals surface area contributed by atoms with Crippen LogP contribution in [-0.2, 0) is 21.0 Å². The maximum Gasteiger partial charge on any atom is 0.410 e. The molecule has 7 heteroatoms. The van der Waals surface area contributed by atoms with Crippen molar-refractivity contribution in [2.24, 2.45) is 5.92 Å². The molecule has 0 aromatic heterocycles. The Hall–Kier alpha value is -1.96. The molecule has 0 spiro atoms. The minimum Gasteiger partial charge on any atom is -0.444 e. The Kier molecular flexibility index (Phi) is 8.46. The third-order valence-electron chi connectivity index (χ3n) is 5.89. The molecule has 31 heavy (non-hydrogen) atoms. The number of hydrogen-bond acceptors (Lipinski definition) is 6. The molecule has 3 rings (SSSR count). The largest absolute Gasteiger partial charge is 0.444 e. The maximum atomic E-state index is 12.8. The number of ether oxygens (including phenoxy) is 1. The second-order valence-electron chi connectivity index (χ2n) is 9.71. The normalized spacial score (nSPS) is 22.9. The highest BCUT2D eigenvalue weighted by Crippen LogP contribution is 2.24. The Labute approximate surface area is 185 Å². The number of carbonyl (C=O) groups excluding carboxylic acids is 2. The minimum absolute atomic E-state index is 0.0731. The molecule has 0 bridgehead atoms. The Morgan fingerprint density at radius 1 is 1.10 bits per heavy atom. The summed E-state index contributed by atoms with van der Waals surface area (Å²) in [7, 11) is 0. The van der Waals surface area contributed by atoms with Crippen LogP contribution >= 0.6 is 0 Å². The number of nitrogens with zero attached hydrogens (tertiary/aromatic N) is 1. The molecule has 1 aromatic rings. The fraction of sp³-hybridized carbons (Fsp3) is 0.667. The van der Waals surface area contributed by atoms with Crippen LogP contribution in [0.1, 0.15) is 58.4 Å². The van der Waals surface area contributed by atoms with Crippen LogP contribution in [0.4, 0.5) is 4.79 Å². The molecule has 2 heterocycles. The summed E-state index contributed by atoms with van der Waals surface area (Å²) in [5.74, 6) is 0.636. The number of nitrogens with one attached hydrogen (secondary N) is 2. The molecule has 2 aliphatic heterocycles. The molecule has 172 valence electrons. The number of hydroxylamine groups is 1. The van der Waals surface area contributed by atoms with Crippen LogP contribution in [-0.4, -0.2) is 54.1 Å². The van der Waals surface area contributed by atoms with E-state index in [1.54, 1.807) is 4.90 Å². The Morgan fingerprint density at radius 3 is 2.42 bits per heavy atom. The predicted molar refractivity (Wildman–Crippen MR) is 119 cm³/mol. The first kappa shape index (κ1) is 23.7. The monoisotopic (exact) mass is 431 g/mol. The van der Waals surface area contributed by atoms with Crippen LogP contribution in [0.25, 0.3) is 0 Å². The predicted octanol–water partition coefficient (Wildman–Crippen LogP) is 3.43. The number of ketones is 1. The molecule has 1 aromatic carbocycles. The summed E-state index contributed by atoms with van der Waals surface area (Å²) in [4.78, 5) is 32.3. The summed E-state index contributed by atoms with van der Waals surface area (Å²) < 4.78 is 5.45. The van der Waals surface area contributed by atoms with Crippen LogP contribution in [0, 0.1) is 5.92 Å². The standard InChI is InChI=1S/C24H37N3O4/c1-24(2,3)31-23(29)27-13-11-18(12-14-27)15-22(28)21-10-9-20(16-25-21)26-30-17-19-7-5-4-6-8-19/h4-8,18,20-21,25-26H,9-17H2,1-3H3/t20-,21+/m1/s1. The lowest BCUT2D eigenvalue weighted by atomic mass is 9.87. The fourth-order valence-electron chi connectivity index (χ4n) is 4.12. The van der Waals surface area contributed by atoms with Crippen LogP contribution < -0.4 is 10.8 Å². The van der Waals surface area contributed by atoms with Gasteiger partial charge in [0.05, 0.1) is 12.6 Å². The molecule has 0 unspecified atom stereocenters. The smallest absolute Gasteiger partial charge is 0.410 e. The lowest BCUT2D eigenvalue weighted by molar-refractivity contribution is -0.123. The highest BCUT2D eigenvalue weighted by atomic mass is 16.6. The molecule has 1 amide bonds. The fourth-order valence-corrected chi connectivity index (χ4v) is 4.12. The summed E-state index contributed by atoms with van der Waals surface area (Å²) in [6, 6.07) is 10.2. The Balaban J connectivity index is 1.31. The van der Waals surface area contributed by atoms with Crippen molar-refractivity contribution in [3.63, 3.8) is 0 Å². The lowest BCUT2D eigenvalue weighted by Crippen LogP contribution is -2.51. The van der Waals surface area contributed by atoms with E-state index in [1.807, 2.05) is 51.1 Å².